The molecule has 2 N–H and O–H groups in total. The van der Waals surface area contributed by atoms with E-state index in [9.17, 15) is 0 Å². The van der Waals surface area contributed by atoms with E-state index in [4.69, 9.17) is 0 Å². The van der Waals surface area contributed by atoms with E-state index >= 15 is 0 Å². The number of benzene rings is 1. The Morgan fingerprint density at radius 2 is 1.88 bits per heavy atom. The summed E-state index contributed by atoms with van der Waals surface area (Å²) in [6.45, 7) is 8.40. The zero-order valence-corrected chi connectivity index (χ0v) is 11.7. The maximum absolute atomic E-state index is 3.57. The molecule has 0 aliphatic rings. The number of hydrogen-bond donors (Lipinski definition) is 2. The molecule has 0 heterocycles. The number of nitrogens with one attached hydrogen (secondary N) is 2. The van der Waals surface area contributed by atoms with E-state index in [-0.39, 0.29) is 0 Å². The van der Waals surface area contributed by atoms with Crippen LogP contribution in [-0.2, 0) is 6.54 Å². The third-order valence-corrected chi connectivity index (χ3v) is 3.20. The molecule has 0 saturated carbocycles. The van der Waals surface area contributed by atoms with Crippen molar-refractivity contribution in [2.75, 3.05) is 19.6 Å². The first-order valence-corrected chi connectivity index (χ1v) is 6.69. The fourth-order valence-electron chi connectivity index (χ4n) is 1.54. The van der Waals surface area contributed by atoms with Crippen molar-refractivity contribution >= 4 is 15.9 Å². The van der Waals surface area contributed by atoms with Crippen LogP contribution in [0.4, 0.5) is 0 Å². The molecule has 16 heavy (non-hydrogen) atoms. The minimum atomic E-state index is 0.927. The zero-order chi connectivity index (χ0) is 11.8. The van der Waals surface area contributed by atoms with Crippen molar-refractivity contribution < 1.29 is 0 Å². The van der Waals surface area contributed by atoms with Crippen LogP contribution >= 0.6 is 15.9 Å². The molecule has 0 saturated heterocycles. The van der Waals surface area contributed by atoms with Gasteiger partial charge in [-0.15, -0.1) is 0 Å². The molecule has 3 heteroatoms. The van der Waals surface area contributed by atoms with Crippen LogP contribution in [0.25, 0.3) is 0 Å². The highest BCUT2D eigenvalue weighted by Gasteiger charge is 1.99. The molecule has 0 aromatic heterocycles. The zero-order valence-electron chi connectivity index (χ0n) is 10.1. The number of rotatable bonds is 7. The lowest BCUT2D eigenvalue weighted by Crippen LogP contribution is -2.27. The maximum Gasteiger partial charge on any atom is 0.0220 e. The average Bonchev–Trinajstić information content (AvgIpc) is 2.28. The van der Waals surface area contributed by atoms with Gasteiger partial charge in [0.15, 0.2) is 0 Å². The normalized spacial score (nSPS) is 10.7. The fourth-order valence-corrected chi connectivity index (χ4v) is 1.93. The van der Waals surface area contributed by atoms with Crippen LogP contribution in [0, 0.1) is 6.92 Å². The lowest BCUT2D eigenvalue weighted by Gasteiger charge is -2.08. The second-order valence-corrected chi connectivity index (χ2v) is 4.88. The second kappa shape index (κ2) is 7.82. The van der Waals surface area contributed by atoms with Gasteiger partial charge in [-0.1, -0.05) is 40.5 Å². The van der Waals surface area contributed by atoms with Crippen molar-refractivity contribution in [2.45, 2.75) is 26.8 Å². The van der Waals surface area contributed by atoms with Crippen molar-refractivity contribution in [3.05, 3.63) is 33.8 Å². The molecular weight excluding hydrogens is 264 g/mol. The highest BCUT2D eigenvalue weighted by atomic mass is 79.9. The van der Waals surface area contributed by atoms with E-state index in [1.165, 1.54) is 22.0 Å². The van der Waals surface area contributed by atoms with Gasteiger partial charge in [-0.2, -0.15) is 0 Å². The van der Waals surface area contributed by atoms with Gasteiger partial charge in [0.25, 0.3) is 0 Å². The number of hydrogen-bond acceptors (Lipinski definition) is 2. The standard InChI is InChI=1S/C13H21BrN2/c1-3-6-15-7-8-16-10-12-9-11(2)4-5-13(12)14/h4-5,9,15-16H,3,6-8,10H2,1-2H3. The Morgan fingerprint density at radius 1 is 1.12 bits per heavy atom. The average molecular weight is 285 g/mol. The summed E-state index contributed by atoms with van der Waals surface area (Å²) in [4.78, 5) is 0. The molecule has 0 fully saturated rings. The molecule has 2 nitrogen and oxygen atoms in total. The summed E-state index contributed by atoms with van der Waals surface area (Å²) in [6.07, 6.45) is 1.20. The first-order chi connectivity index (χ1) is 7.74. The third kappa shape index (κ3) is 5.10. The number of aryl methyl sites for hydroxylation is 1. The molecule has 1 rings (SSSR count). The first-order valence-electron chi connectivity index (χ1n) is 5.90. The summed E-state index contributed by atoms with van der Waals surface area (Å²) in [5, 5.41) is 6.81. The molecule has 0 amide bonds. The van der Waals surface area contributed by atoms with E-state index in [1.54, 1.807) is 0 Å². The van der Waals surface area contributed by atoms with Gasteiger partial charge in [-0.25, -0.2) is 0 Å². The van der Waals surface area contributed by atoms with Gasteiger partial charge in [0.05, 0.1) is 0 Å². The fraction of sp³-hybridized carbons (Fsp3) is 0.538. The summed E-state index contributed by atoms with van der Waals surface area (Å²) >= 11 is 3.57. The van der Waals surface area contributed by atoms with E-state index in [0.717, 1.165) is 26.2 Å². The molecule has 90 valence electrons. The molecule has 1 aromatic carbocycles. The van der Waals surface area contributed by atoms with Gasteiger partial charge in [0.1, 0.15) is 0 Å². The highest BCUT2D eigenvalue weighted by Crippen LogP contribution is 2.17. The minimum absolute atomic E-state index is 0.927. The van der Waals surface area contributed by atoms with Crippen molar-refractivity contribution in [3.8, 4) is 0 Å². The molecular formula is C13H21BrN2. The quantitative estimate of drug-likeness (QED) is 0.753. The summed E-state index contributed by atoms with van der Waals surface area (Å²) in [5.74, 6) is 0. The summed E-state index contributed by atoms with van der Waals surface area (Å²) in [5.41, 5.74) is 2.64. The van der Waals surface area contributed by atoms with Crippen LogP contribution in [0.5, 0.6) is 0 Å². The Labute approximate surface area is 107 Å². The third-order valence-electron chi connectivity index (χ3n) is 2.42. The first kappa shape index (κ1) is 13.7. The Bertz CT molecular complexity index is 313. The summed E-state index contributed by atoms with van der Waals surface area (Å²) in [6, 6.07) is 6.45. The van der Waals surface area contributed by atoms with Gasteiger partial charge in [0, 0.05) is 24.1 Å². The van der Waals surface area contributed by atoms with E-state index in [0.29, 0.717) is 0 Å². The predicted molar refractivity (Wildman–Crippen MR) is 73.7 cm³/mol. The van der Waals surface area contributed by atoms with E-state index in [2.05, 4.69) is 58.6 Å². The van der Waals surface area contributed by atoms with Crippen molar-refractivity contribution in [3.63, 3.8) is 0 Å². The molecule has 0 bridgehead atoms. The van der Waals surface area contributed by atoms with Gasteiger partial charge in [-0.3, -0.25) is 0 Å². The summed E-state index contributed by atoms with van der Waals surface area (Å²) < 4.78 is 1.19. The molecule has 0 spiro atoms. The molecule has 0 radical (unpaired) electrons. The monoisotopic (exact) mass is 284 g/mol. The van der Waals surface area contributed by atoms with Crippen LogP contribution in [0.15, 0.2) is 22.7 Å². The SMILES string of the molecule is CCCNCCNCc1cc(C)ccc1Br. The van der Waals surface area contributed by atoms with E-state index < -0.39 is 0 Å². The molecule has 0 aliphatic heterocycles. The lowest BCUT2D eigenvalue weighted by atomic mass is 10.1. The summed E-state index contributed by atoms with van der Waals surface area (Å²) in [7, 11) is 0. The van der Waals surface area contributed by atoms with Gasteiger partial charge >= 0.3 is 0 Å². The molecule has 0 atom stereocenters. The Morgan fingerprint density at radius 3 is 2.62 bits per heavy atom. The van der Waals surface area contributed by atoms with Crippen molar-refractivity contribution in [2.24, 2.45) is 0 Å². The van der Waals surface area contributed by atoms with Crippen LogP contribution in [-0.4, -0.2) is 19.6 Å². The maximum atomic E-state index is 3.57. The van der Waals surface area contributed by atoms with Crippen LogP contribution in [0.3, 0.4) is 0 Å². The van der Waals surface area contributed by atoms with Crippen molar-refractivity contribution in [1.29, 1.82) is 0 Å². The topological polar surface area (TPSA) is 24.1 Å². The van der Waals surface area contributed by atoms with E-state index in [1.807, 2.05) is 0 Å². The molecule has 0 unspecified atom stereocenters. The minimum Gasteiger partial charge on any atom is -0.315 e. The lowest BCUT2D eigenvalue weighted by molar-refractivity contribution is 0.606. The van der Waals surface area contributed by atoms with Crippen molar-refractivity contribution in [1.82, 2.24) is 10.6 Å². The second-order valence-electron chi connectivity index (χ2n) is 4.02. The molecule has 1 aromatic rings. The van der Waals surface area contributed by atoms with Gasteiger partial charge in [-0.05, 0) is 31.5 Å². The van der Waals surface area contributed by atoms with Crippen LogP contribution in [0.2, 0.25) is 0 Å². The Kier molecular flexibility index (Phi) is 6.69. The van der Waals surface area contributed by atoms with Crippen LogP contribution < -0.4 is 10.6 Å². The molecule has 0 aliphatic carbocycles. The smallest absolute Gasteiger partial charge is 0.0220 e. The van der Waals surface area contributed by atoms with Gasteiger partial charge in [0.2, 0.25) is 0 Å². The Hall–Kier alpha value is -0.380. The van der Waals surface area contributed by atoms with Gasteiger partial charge < -0.3 is 10.6 Å². The van der Waals surface area contributed by atoms with Crippen LogP contribution in [0.1, 0.15) is 24.5 Å². The number of halogens is 1. The highest BCUT2D eigenvalue weighted by molar-refractivity contribution is 9.10. The predicted octanol–water partition coefficient (Wildman–Crippen LogP) is 2.85. The largest absolute Gasteiger partial charge is 0.315 e. The Balaban J connectivity index is 2.23.